The van der Waals surface area contributed by atoms with Crippen LogP contribution in [0.15, 0.2) is 152 Å². The van der Waals surface area contributed by atoms with E-state index in [2.05, 4.69) is 155 Å². The molecule has 0 aliphatic carbocycles. The smallest absolute Gasteiger partial charge is 0.367 e. The third kappa shape index (κ3) is 4.97. The van der Waals surface area contributed by atoms with Gasteiger partial charge in [-0.05, 0) is 63.2 Å². The number of aryl methyl sites for hydroxylation is 1. The Kier molecular flexibility index (Phi) is 7.59. The zero-order chi connectivity index (χ0) is 31.3. The summed E-state index contributed by atoms with van der Waals surface area (Å²) in [7, 11) is 2.08. The fourth-order valence-electron chi connectivity index (χ4n) is 6.73. The van der Waals surface area contributed by atoms with Gasteiger partial charge in [0.25, 0.3) is 0 Å². The van der Waals surface area contributed by atoms with Crippen LogP contribution < -0.4 is 0 Å². The van der Waals surface area contributed by atoms with Crippen LogP contribution in [0, 0.1) is 12.1 Å². The van der Waals surface area contributed by atoms with Crippen molar-refractivity contribution in [1.82, 2.24) is 19.1 Å². The SMILES string of the molecule is Cn1c(-c2[c-]c3c(c(-c4ccc(-c5ccccc5)cc4)c2)c2ccccc2n3-c2[c-]c(-c3ccccn3)ccc2)nc2ccccc21.[Pt+2]. The standard InChI is InChI=1S/C43H28N4.Pt/c1-46-40-20-8-6-18-38(40)45-43(46)33-27-36(31-23-21-30(22-24-31)29-12-3-2-4-13-29)42-35-16-5-7-19-39(35)47(41(42)28-33)34-15-11-14-32(26-34)37-17-9-10-25-44-37;/h2-25,27H,1H3;/q-2;+2. The van der Waals surface area contributed by atoms with Gasteiger partial charge in [0.15, 0.2) is 0 Å². The minimum atomic E-state index is 0. The molecule has 0 radical (unpaired) electrons. The summed E-state index contributed by atoms with van der Waals surface area (Å²) in [6.45, 7) is 0. The summed E-state index contributed by atoms with van der Waals surface area (Å²) in [5.74, 6) is 0.873. The Morgan fingerprint density at radius 1 is 0.583 bits per heavy atom. The number of fused-ring (bicyclic) bond motifs is 4. The molecule has 0 saturated heterocycles. The first kappa shape index (κ1) is 29.8. The zero-order valence-electron chi connectivity index (χ0n) is 26.0. The average molecular weight is 796 g/mol. The number of para-hydroxylation sites is 3. The summed E-state index contributed by atoms with van der Waals surface area (Å²) in [6.07, 6.45) is 1.82. The van der Waals surface area contributed by atoms with E-state index in [4.69, 9.17) is 4.98 Å². The maximum absolute atomic E-state index is 5.09. The summed E-state index contributed by atoms with van der Waals surface area (Å²) in [4.78, 5) is 9.70. The minimum absolute atomic E-state index is 0. The van der Waals surface area contributed by atoms with Gasteiger partial charge in [-0.25, -0.2) is 0 Å². The first-order valence-corrected chi connectivity index (χ1v) is 15.7. The number of rotatable bonds is 5. The van der Waals surface area contributed by atoms with Crippen molar-refractivity contribution in [3.05, 3.63) is 164 Å². The van der Waals surface area contributed by atoms with Crippen LogP contribution in [0.4, 0.5) is 0 Å². The molecule has 4 nitrogen and oxygen atoms in total. The molecule has 48 heavy (non-hydrogen) atoms. The molecule has 3 heterocycles. The number of benzene rings is 6. The van der Waals surface area contributed by atoms with Gasteiger partial charge in [-0.3, -0.25) is 4.98 Å². The van der Waals surface area contributed by atoms with Crippen LogP contribution >= 0.6 is 0 Å². The van der Waals surface area contributed by atoms with E-state index in [9.17, 15) is 0 Å². The molecule has 0 amide bonds. The van der Waals surface area contributed by atoms with Crippen molar-refractivity contribution in [2.75, 3.05) is 0 Å². The molecule has 0 bridgehead atoms. The Morgan fingerprint density at radius 3 is 2.08 bits per heavy atom. The Morgan fingerprint density at radius 2 is 1.29 bits per heavy atom. The van der Waals surface area contributed by atoms with E-state index in [0.29, 0.717) is 0 Å². The first-order chi connectivity index (χ1) is 23.2. The molecule has 0 atom stereocenters. The van der Waals surface area contributed by atoms with Gasteiger partial charge in [-0.15, -0.1) is 47.5 Å². The van der Waals surface area contributed by atoms with Crippen molar-refractivity contribution in [3.63, 3.8) is 0 Å². The third-order valence-corrected chi connectivity index (χ3v) is 8.98. The van der Waals surface area contributed by atoms with E-state index in [1.54, 1.807) is 0 Å². The normalized spacial score (nSPS) is 11.3. The van der Waals surface area contributed by atoms with E-state index < -0.39 is 0 Å². The average Bonchev–Trinajstić information content (AvgIpc) is 3.67. The first-order valence-electron chi connectivity index (χ1n) is 15.7. The number of imidazole rings is 1. The third-order valence-electron chi connectivity index (χ3n) is 8.98. The second kappa shape index (κ2) is 12.2. The van der Waals surface area contributed by atoms with Crippen molar-refractivity contribution < 1.29 is 21.1 Å². The number of aromatic nitrogens is 4. The molecule has 0 aliphatic heterocycles. The molecule has 9 aromatic rings. The van der Waals surface area contributed by atoms with Crippen molar-refractivity contribution in [2.45, 2.75) is 0 Å². The number of pyridine rings is 1. The van der Waals surface area contributed by atoms with Crippen molar-refractivity contribution in [1.29, 1.82) is 0 Å². The van der Waals surface area contributed by atoms with E-state index in [0.717, 1.165) is 72.3 Å². The fraction of sp³-hybridized carbons (Fsp3) is 0.0233. The quantitative estimate of drug-likeness (QED) is 0.163. The van der Waals surface area contributed by atoms with Gasteiger partial charge < -0.3 is 14.1 Å². The van der Waals surface area contributed by atoms with Crippen molar-refractivity contribution in [2.24, 2.45) is 7.05 Å². The van der Waals surface area contributed by atoms with E-state index in [1.165, 1.54) is 11.1 Å². The summed E-state index contributed by atoms with van der Waals surface area (Å²) >= 11 is 0. The van der Waals surface area contributed by atoms with E-state index in [-0.39, 0.29) is 21.1 Å². The van der Waals surface area contributed by atoms with Gasteiger partial charge in [0, 0.05) is 18.8 Å². The number of nitrogens with zero attached hydrogens (tertiary/aromatic N) is 4. The molecule has 230 valence electrons. The Hall–Kier alpha value is -5.57. The molecule has 0 unspecified atom stereocenters. The van der Waals surface area contributed by atoms with E-state index in [1.807, 2.05) is 30.5 Å². The molecular formula is C43H28N4Pt. The zero-order valence-corrected chi connectivity index (χ0v) is 28.3. The van der Waals surface area contributed by atoms with Gasteiger partial charge in [-0.2, -0.15) is 0 Å². The number of hydrogen-bond acceptors (Lipinski definition) is 2. The van der Waals surface area contributed by atoms with Gasteiger partial charge in [-0.1, -0.05) is 108 Å². The summed E-state index contributed by atoms with van der Waals surface area (Å²) in [6, 6.07) is 58.3. The summed E-state index contributed by atoms with van der Waals surface area (Å²) in [5.41, 5.74) is 12.5. The predicted molar refractivity (Wildman–Crippen MR) is 192 cm³/mol. The van der Waals surface area contributed by atoms with Crippen LogP contribution in [-0.2, 0) is 28.1 Å². The Balaban J connectivity index is 0.00000336. The molecule has 0 fully saturated rings. The Bertz CT molecular complexity index is 2570. The molecule has 0 aliphatic rings. The molecule has 3 aromatic heterocycles. The second-order valence-electron chi connectivity index (χ2n) is 11.8. The molecule has 5 heteroatoms. The van der Waals surface area contributed by atoms with Crippen LogP contribution in [0.5, 0.6) is 0 Å². The van der Waals surface area contributed by atoms with Crippen LogP contribution in [0.2, 0.25) is 0 Å². The van der Waals surface area contributed by atoms with Crippen LogP contribution in [-0.4, -0.2) is 19.1 Å². The van der Waals surface area contributed by atoms with Crippen LogP contribution in [0.1, 0.15) is 0 Å². The second-order valence-corrected chi connectivity index (χ2v) is 11.8. The van der Waals surface area contributed by atoms with E-state index >= 15 is 0 Å². The maximum Gasteiger partial charge on any atom is 2.00 e. The monoisotopic (exact) mass is 795 g/mol. The molecule has 0 spiro atoms. The topological polar surface area (TPSA) is 35.6 Å². The predicted octanol–water partition coefficient (Wildman–Crippen LogP) is 10.3. The largest absolute Gasteiger partial charge is 2.00 e. The van der Waals surface area contributed by atoms with Crippen LogP contribution in [0.3, 0.4) is 0 Å². The molecule has 6 aromatic carbocycles. The molecule has 0 N–H and O–H groups in total. The van der Waals surface area contributed by atoms with Crippen LogP contribution in [0.25, 0.3) is 83.4 Å². The minimum Gasteiger partial charge on any atom is -0.367 e. The summed E-state index contributed by atoms with van der Waals surface area (Å²) in [5, 5.41) is 2.31. The molecule has 0 saturated carbocycles. The fourth-order valence-corrected chi connectivity index (χ4v) is 6.73. The maximum atomic E-state index is 5.09. The summed E-state index contributed by atoms with van der Waals surface area (Å²) < 4.78 is 4.45. The molecular weight excluding hydrogens is 768 g/mol. The van der Waals surface area contributed by atoms with Crippen molar-refractivity contribution >= 4 is 32.8 Å². The van der Waals surface area contributed by atoms with Gasteiger partial charge >= 0.3 is 21.1 Å². The van der Waals surface area contributed by atoms with Gasteiger partial charge in [0.1, 0.15) is 0 Å². The van der Waals surface area contributed by atoms with Gasteiger partial charge in [0.05, 0.1) is 16.9 Å². The van der Waals surface area contributed by atoms with Gasteiger partial charge in [0.2, 0.25) is 0 Å². The number of hydrogen-bond donors (Lipinski definition) is 0. The van der Waals surface area contributed by atoms with Crippen molar-refractivity contribution in [3.8, 4) is 50.6 Å². The Labute approximate surface area is 293 Å². The molecule has 9 rings (SSSR count).